The zero-order chi connectivity index (χ0) is 18.2. The molecule has 1 amide bonds. The van der Waals surface area contributed by atoms with Crippen molar-refractivity contribution in [2.75, 3.05) is 32.2 Å². The fourth-order valence-corrected chi connectivity index (χ4v) is 2.43. The van der Waals surface area contributed by atoms with Crippen LogP contribution in [0, 0.1) is 12.8 Å². The van der Waals surface area contributed by atoms with Gasteiger partial charge in [-0.15, -0.1) is 0 Å². The molecule has 0 aromatic carbocycles. The third kappa shape index (κ3) is 6.09. The van der Waals surface area contributed by atoms with Crippen molar-refractivity contribution in [3.63, 3.8) is 0 Å². The first kappa shape index (κ1) is 20.4. The molecule has 0 radical (unpaired) electrons. The number of hydrogen-bond donors (Lipinski definition) is 1. The van der Waals surface area contributed by atoms with Crippen LogP contribution in [0.15, 0.2) is 12.3 Å². The largest absolute Gasteiger partial charge is 0.475 e. The van der Waals surface area contributed by atoms with Crippen LogP contribution < -0.4 is 10.1 Å². The monoisotopic (exact) mass is 338 g/mol. The molecule has 0 aliphatic rings. The van der Waals surface area contributed by atoms with Gasteiger partial charge in [-0.2, -0.15) is 0 Å². The summed E-state index contributed by atoms with van der Waals surface area (Å²) in [5.41, 5.74) is 0.614. The molecule has 0 unspecified atom stereocenters. The Morgan fingerprint density at radius 2 is 2.08 bits per heavy atom. The molecular formula is C18H30N2O4. The molecule has 24 heavy (non-hydrogen) atoms. The van der Waals surface area contributed by atoms with E-state index in [9.17, 15) is 4.79 Å². The molecule has 1 heterocycles. The minimum atomic E-state index is -0.866. The molecule has 1 rings (SSSR count). The molecule has 6 heteroatoms. The quantitative estimate of drug-likeness (QED) is 0.664. The van der Waals surface area contributed by atoms with E-state index in [-0.39, 0.29) is 5.91 Å². The summed E-state index contributed by atoms with van der Waals surface area (Å²) in [6.45, 7) is 11.4. The molecule has 1 aromatic rings. The zero-order valence-corrected chi connectivity index (χ0v) is 15.6. The predicted octanol–water partition coefficient (Wildman–Crippen LogP) is 3.20. The fourth-order valence-electron chi connectivity index (χ4n) is 2.43. The van der Waals surface area contributed by atoms with E-state index < -0.39 is 5.60 Å². The minimum absolute atomic E-state index is 0.176. The first-order valence-corrected chi connectivity index (χ1v) is 8.36. The lowest BCUT2D eigenvalue weighted by Gasteiger charge is -2.28. The molecule has 1 atom stereocenters. The summed E-state index contributed by atoms with van der Waals surface area (Å²) in [7, 11) is 1.56. The molecule has 1 N–H and O–H groups in total. The highest BCUT2D eigenvalue weighted by atomic mass is 16.5. The van der Waals surface area contributed by atoms with Crippen molar-refractivity contribution in [2.24, 2.45) is 5.92 Å². The highest BCUT2D eigenvalue weighted by molar-refractivity contribution is 5.97. The highest BCUT2D eigenvalue weighted by Crippen LogP contribution is 2.24. The fraction of sp³-hybridized carbons (Fsp3) is 0.667. The molecule has 0 aliphatic carbocycles. The standard InChI is InChI=1S/C18H30N2O4/c1-7-23-8-9-24-16-14(4)10-15(12-19-16)20-17(21)18(5,22-6)11-13(2)3/h10,12-13H,7-9,11H2,1-6H3,(H,20,21)/t18-/m1/s1. The number of carbonyl (C=O) groups excluding carboxylic acids is 1. The molecule has 0 fully saturated rings. The molecular weight excluding hydrogens is 308 g/mol. The van der Waals surface area contributed by atoms with Gasteiger partial charge in [0.15, 0.2) is 0 Å². The van der Waals surface area contributed by atoms with Gasteiger partial charge < -0.3 is 19.5 Å². The Kier molecular flexibility index (Phi) is 8.15. The topological polar surface area (TPSA) is 69.7 Å². The van der Waals surface area contributed by atoms with Gasteiger partial charge in [0, 0.05) is 19.3 Å². The average Bonchev–Trinajstić information content (AvgIpc) is 2.52. The number of hydrogen-bond acceptors (Lipinski definition) is 5. The van der Waals surface area contributed by atoms with Crippen LogP contribution in [0.1, 0.15) is 39.7 Å². The second-order valence-electron chi connectivity index (χ2n) is 6.38. The van der Waals surface area contributed by atoms with Crippen molar-refractivity contribution in [1.29, 1.82) is 0 Å². The summed E-state index contributed by atoms with van der Waals surface area (Å²) in [5.74, 6) is 0.718. The number of nitrogens with zero attached hydrogens (tertiary/aromatic N) is 1. The number of aromatic nitrogens is 1. The number of rotatable bonds is 10. The average molecular weight is 338 g/mol. The Labute approximate surface area is 144 Å². The lowest BCUT2D eigenvalue weighted by atomic mass is 9.93. The van der Waals surface area contributed by atoms with Gasteiger partial charge in [0.2, 0.25) is 5.88 Å². The van der Waals surface area contributed by atoms with Gasteiger partial charge in [-0.05, 0) is 39.2 Å². The van der Waals surface area contributed by atoms with Crippen LogP contribution in [-0.2, 0) is 14.3 Å². The van der Waals surface area contributed by atoms with E-state index >= 15 is 0 Å². The first-order valence-electron chi connectivity index (χ1n) is 8.36. The Morgan fingerprint density at radius 3 is 2.62 bits per heavy atom. The SMILES string of the molecule is CCOCCOc1ncc(NC(=O)[C@@](C)(CC(C)C)OC)cc1C. The van der Waals surface area contributed by atoms with Gasteiger partial charge in [-0.3, -0.25) is 4.79 Å². The van der Waals surface area contributed by atoms with Crippen LogP contribution in [0.2, 0.25) is 0 Å². The van der Waals surface area contributed by atoms with Crippen LogP contribution in [-0.4, -0.2) is 43.4 Å². The third-order valence-electron chi connectivity index (χ3n) is 3.69. The summed E-state index contributed by atoms with van der Waals surface area (Å²) < 4.78 is 16.2. The molecule has 0 saturated carbocycles. The smallest absolute Gasteiger partial charge is 0.256 e. The highest BCUT2D eigenvalue weighted by Gasteiger charge is 2.34. The first-order chi connectivity index (χ1) is 11.3. The van der Waals surface area contributed by atoms with Crippen molar-refractivity contribution in [2.45, 2.75) is 46.6 Å². The number of pyridine rings is 1. The van der Waals surface area contributed by atoms with Crippen molar-refractivity contribution in [3.05, 3.63) is 17.8 Å². The number of anilines is 1. The summed E-state index contributed by atoms with van der Waals surface area (Å²) in [6, 6.07) is 1.84. The number of aryl methyl sites for hydroxylation is 1. The van der Waals surface area contributed by atoms with E-state index in [1.807, 2.05) is 19.9 Å². The predicted molar refractivity (Wildman–Crippen MR) is 94.5 cm³/mol. The van der Waals surface area contributed by atoms with E-state index in [0.29, 0.717) is 43.7 Å². The second-order valence-corrected chi connectivity index (χ2v) is 6.38. The maximum atomic E-state index is 12.5. The molecule has 1 aromatic heterocycles. The van der Waals surface area contributed by atoms with E-state index in [0.717, 1.165) is 5.56 Å². The molecule has 6 nitrogen and oxygen atoms in total. The Morgan fingerprint density at radius 1 is 1.38 bits per heavy atom. The van der Waals surface area contributed by atoms with Crippen LogP contribution in [0.5, 0.6) is 5.88 Å². The molecule has 0 bridgehead atoms. The van der Waals surface area contributed by atoms with Gasteiger partial charge in [-0.1, -0.05) is 13.8 Å². The van der Waals surface area contributed by atoms with Crippen LogP contribution in [0.3, 0.4) is 0 Å². The van der Waals surface area contributed by atoms with Gasteiger partial charge in [-0.25, -0.2) is 4.98 Å². The lowest BCUT2D eigenvalue weighted by Crippen LogP contribution is -2.43. The summed E-state index contributed by atoms with van der Waals surface area (Å²) in [6.07, 6.45) is 2.23. The van der Waals surface area contributed by atoms with Crippen molar-refractivity contribution in [1.82, 2.24) is 4.98 Å². The van der Waals surface area contributed by atoms with Gasteiger partial charge in [0.1, 0.15) is 12.2 Å². The Hall–Kier alpha value is -1.66. The van der Waals surface area contributed by atoms with E-state index in [1.165, 1.54) is 0 Å². The molecule has 0 aliphatic heterocycles. The maximum absolute atomic E-state index is 12.5. The molecule has 136 valence electrons. The number of ether oxygens (including phenoxy) is 3. The lowest BCUT2D eigenvalue weighted by molar-refractivity contribution is -0.137. The molecule has 0 spiro atoms. The van der Waals surface area contributed by atoms with E-state index in [2.05, 4.69) is 24.1 Å². The number of nitrogens with one attached hydrogen (secondary N) is 1. The molecule has 0 saturated heterocycles. The Bertz CT molecular complexity index is 534. The van der Waals surface area contributed by atoms with Crippen LogP contribution in [0.4, 0.5) is 5.69 Å². The van der Waals surface area contributed by atoms with Crippen LogP contribution in [0.25, 0.3) is 0 Å². The second kappa shape index (κ2) is 9.59. The van der Waals surface area contributed by atoms with Crippen molar-refractivity contribution in [3.8, 4) is 5.88 Å². The maximum Gasteiger partial charge on any atom is 0.256 e. The van der Waals surface area contributed by atoms with Crippen molar-refractivity contribution < 1.29 is 19.0 Å². The summed E-state index contributed by atoms with van der Waals surface area (Å²) >= 11 is 0. The van der Waals surface area contributed by atoms with Gasteiger partial charge in [0.25, 0.3) is 5.91 Å². The van der Waals surface area contributed by atoms with Gasteiger partial charge >= 0.3 is 0 Å². The summed E-state index contributed by atoms with van der Waals surface area (Å²) in [4.78, 5) is 16.8. The number of carbonyl (C=O) groups is 1. The third-order valence-corrected chi connectivity index (χ3v) is 3.69. The number of methoxy groups -OCH3 is 1. The van der Waals surface area contributed by atoms with Gasteiger partial charge in [0.05, 0.1) is 18.5 Å². The van der Waals surface area contributed by atoms with E-state index in [4.69, 9.17) is 14.2 Å². The normalized spacial score (nSPS) is 13.6. The zero-order valence-electron chi connectivity index (χ0n) is 15.6. The summed E-state index contributed by atoms with van der Waals surface area (Å²) in [5, 5.41) is 2.88. The van der Waals surface area contributed by atoms with Crippen LogP contribution >= 0.6 is 0 Å². The minimum Gasteiger partial charge on any atom is -0.475 e. The van der Waals surface area contributed by atoms with Crippen molar-refractivity contribution >= 4 is 11.6 Å². The van der Waals surface area contributed by atoms with E-state index in [1.54, 1.807) is 20.2 Å². The Balaban J connectivity index is 2.71. The number of amides is 1.